The number of rotatable bonds is 15. The zero-order valence-electron chi connectivity index (χ0n) is 14.6. The molecule has 0 heterocycles. The lowest BCUT2D eigenvalue weighted by Crippen LogP contribution is -2.34. The maximum atomic E-state index is 5.62. The monoisotopic (exact) mass is 301 g/mol. The van der Waals surface area contributed by atoms with Crippen molar-refractivity contribution in [3.63, 3.8) is 0 Å². The van der Waals surface area contributed by atoms with E-state index in [2.05, 4.69) is 32.0 Å². The molecule has 0 radical (unpaired) electrons. The highest BCUT2D eigenvalue weighted by molar-refractivity contribution is 6.69. The molecule has 0 aliphatic carbocycles. The van der Waals surface area contributed by atoms with Crippen LogP contribution in [0.25, 0.3) is 0 Å². The van der Waals surface area contributed by atoms with E-state index in [9.17, 15) is 0 Å². The predicted octanol–water partition coefficient (Wildman–Crippen LogP) is 6.04. The molecule has 0 bridgehead atoms. The zero-order valence-corrected chi connectivity index (χ0v) is 15.6. The summed E-state index contributed by atoms with van der Waals surface area (Å²) in [5, 5.41) is 0. The van der Waals surface area contributed by atoms with E-state index in [0.717, 1.165) is 6.54 Å². The molecule has 122 valence electrons. The van der Waals surface area contributed by atoms with Gasteiger partial charge in [0.1, 0.15) is 0 Å². The van der Waals surface area contributed by atoms with Crippen molar-refractivity contribution in [3.8, 4) is 0 Å². The Kier molecular flexibility index (Phi) is 14.2. The summed E-state index contributed by atoms with van der Waals surface area (Å²) < 4.78 is 5.62. The minimum Gasteiger partial charge on any atom is -0.346 e. The van der Waals surface area contributed by atoms with Gasteiger partial charge in [0.25, 0.3) is 0 Å². The third-order valence-electron chi connectivity index (χ3n) is 3.51. The fourth-order valence-corrected chi connectivity index (χ4v) is 2.84. The first-order chi connectivity index (χ1) is 9.56. The molecule has 0 atom stereocenters. The first-order valence-corrected chi connectivity index (χ1v) is 12.4. The van der Waals surface area contributed by atoms with Crippen LogP contribution in [-0.4, -0.2) is 14.9 Å². The van der Waals surface area contributed by atoms with Crippen LogP contribution in [-0.2, 0) is 4.53 Å². The molecule has 0 amide bonds. The highest BCUT2D eigenvalue weighted by atomic mass is 28.4. The second-order valence-electron chi connectivity index (χ2n) is 7.00. The average molecular weight is 302 g/mol. The molecule has 0 aromatic rings. The second kappa shape index (κ2) is 14.1. The average Bonchev–Trinajstić information content (AvgIpc) is 2.38. The summed E-state index contributed by atoms with van der Waals surface area (Å²) in [7, 11) is -1.37. The minimum atomic E-state index is -1.37. The van der Waals surface area contributed by atoms with E-state index in [1.807, 2.05) is 0 Å². The van der Waals surface area contributed by atoms with E-state index in [1.54, 1.807) is 0 Å². The van der Waals surface area contributed by atoms with Gasteiger partial charge in [0, 0.05) is 6.54 Å². The van der Waals surface area contributed by atoms with E-state index in [4.69, 9.17) is 4.53 Å². The standard InChI is InChI=1S/C17H39NOSi/c1-5-6-7-8-9-10-11-12-13-14-15-16-17-18-19-20(2,3)4/h18H,5-17H2,1-4H3. The first-order valence-electron chi connectivity index (χ1n) is 8.97. The molecule has 0 aliphatic rings. The number of nitrogens with one attached hydrogen (secondary N) is 1. The Labute approximate surface area is 129 Å². The summed E-state index contributed by atoms with van der Waals surface area (Å²) in [5.41, 5.74) is 3.12. The molecule has 0 aliphatic heterocycles. The molecule has 0 aromatic carbocycles. The Balaban J connectivity index is 2.99. The predicted molar refractivity (Wildman–Crippen MR) is 93.5 cm³/mol. The summed E-state index contributed by atoms with van der Waals surface area (Å²) in [6, 6.07) is 0. The van der Waals surface area contributed by atoms with Gasteiger partial charge in [0.15, 0.2) is 0 Å². The van der Waals surface area contributed by atoms with Crippen molar-refractivity contribution in [1.82, 2.24) is 5.48 Å². The fourth-order valence-electron chi connectivity index (χ4n) is 2.31. The van der Waals surface area contributed by atoms with Gasteiger partial charge < -0.3 is 4.53 Å². The smallest absolute Gasteiger partial charge is 0.211 e. The molecule has 0 fully saturated rings. The Bertz CT molecular complexity index is 192. The maximum Gasteiger partial charge on any atom is 0.211 e. The van der Waals surface area contributed by atoms with E-state index >= 15 is 0 Å². The molecular weight excluding hydrogens is 262 g/mol. The molecule has 1 N–H and O–H groups in total. The molecule has 3 heteroatoms. The fraction of sp³-hybridized carbons (Fsp3) is 1.00. The summed E-state index contributed by atoms with van der Waals surface area (Å²) in [6.45, 7) is 9.93. The number of hydroxylamine groups is 1. The van der Waals surface area contributed by atoms with Crippen LogP contribution in [0.3, 0.4) is 0 Å². The van der Waals surface area contributed by atoms with Gasteiger partial charge in [0.05, 0.1) is 0 Å². The van der Waals surface area contributed by atoms with E-state index < -0.39 is 8.32 Å². The summed E-state index contributed by atoms with van der Waals surface area (Å²) in [4.78, 5) is 0. The van der Waals surface area contributed by atoms with Crippen LogP contribution < -0.4 is 5.48 Å². The molecule has 0 rings (SSSR count). The van der Waals surface area contributed by atoms with Crippen LogP contribution >= 0.6 is 0 Å². The molecule has 0 aromatic heterocycles. The molecule has 0 unspecified atom stereocenters. The number of hydrogen-bond donors (Lipinski definition) is 1. The SMILES string of the molecule is CCCCCCCCCCCCCCNO[Si](C)(C)C. The second-order valence-corrected chi connectivity index (χ2v) is 11.4. The van der Waals surface area contributed by atoms with Crippen LogP contribution in [0.2, 0.25) is 19.6 Å². The van der Waals surface area contributed by atoms with Crippen molar-refractivity contribution < 1.29 is 4.53 Å². The lowest BCUT2D eigenvalue weighted by molar-refractivity contribution is 0.185. The lowest BCUT2D eigenvalue weighted by Gasteiger charge is -2.17. The largest absolute Gasteiger partial charge is 0.346 e. The normalized spacial score (nSPS) is 12.0. The van der Waals surface area contributed by atoms with Crippen LogP contribution in [0.15, 0.2) is 0 Å². The summed E-state index contributed by atoms with van der Waals surface area (Å²) in [6.07, 6.45) is 16.9. The Morgan fingerprint density at radius 2 is 1.05 bits per heavy atom. The van der Waals surface area contributed by atoms with Crippen LogP contribution in [0.5, 0.6) is 0 Å². The van der Waals surface area contributed by atoms with Crippen molar-refractivity contribution in [3.05, 3.63) is 0 Å². The highest BCUT2D eigenvalue weighted by Crippen LogP contribution is 2.11. The third-order valence-corrected chi connectivity index (χ3v) is 4.27. The van der Waals surface area contributed by atoms with Gasteiger partial charge in [-0.15, -0.1) is 0 Å². The topological polar surface area (TPSA) is 21.3 Å². The molecule has 0 spiro atoms. The van der Waals surface area contributed by atoms with Crippen molar-refractivity contribution in [2.24, 2.45) is 0 Å². The molecule has 2 nitrogen and oxygen atoms in total. The van der Waals surface area contributed by atoms with Gasteiger partial charge in [-0.25, -0.2) is 5.48 Å². The third kappa shape index (κ3) is 18.1. The van der Waals surface area contributed by atoms with Gasteiger partial charge in [-0.2, -0.15) is 0 Å². The molecule has 20 heavy (non-hydrogen) atoms. The van der Waals surface area contributed by atoms with Crippen LogP contribution in [0.1, 0.15) is 84.0 Å². The van der Waals surface area contributed by atoms with Crippen molar-refractivity contribution in [2.45, 2.75) is 104 Å². The first kappa shape index (κ1) is 20.1. The highest BCUT2D eigenvalue weighted by Gasteiger charge is 2.13. The summed E-state index contributed by atoms with van der Waals surface area (Å²) in [5.74, 6) is 0. The van der Waals surface area contributed by atoms with Gasteiger partial charge in [-0.1, -0.05) is 77.6 Å². The molecule has 0 saturated carbocycles. The van der Waals surface area contributed by atoms with E-state index in [-0.39, 0.29) is 0 Å². The van der Waals surface area contributed by atoms with Gasteiger partial charge in [0.2, 0.25) is 8.32 Å². The van der Waals surface area contributed by atoms with E-state index in [0.29, 0.717) is 0 Å². The quantitative estimate of drug-likeness (QED) is 0.226. The Morgan fingerprint density at radius 3 is 1.45 bits per heavy atom. The van der Waals surface area contributed by atoms with Gasteiger partial charge in [-0.05, 0) is 26.1 Å². The maximum absolute atomic E-state index is 5.62. The van der Waals surface area contributed by atoms with Gasteiger partial charge in [-0.3, -0.25) is 0 Å². The Morgan fingerprint density at radius 1 is 0.650 bits per heavy atom. The number of unbranched alkanes of at least 4 members (excludes halogenated alkanes) is 11. The van der Waals surface area contributed by atoms with Gasteiger partial charge >= 0.3 is 0 Å². The zero-order chi connectivity index (χ0) is 15.1. The van der Waals surface area contributed by atoms with Crippen molar-refractivity contribution >= 4 is 8.32 Å². The Hall–Kier alpha value is 0.137. The minimum absolute atomic E-state index is 1.02. The van der Waals surface area contributed by atoms with Crippen molar-refractivity contribution in [2.75, 3.05) is 6.54 Å². The van der Waals surface area contributed by atoms with E-state index in [1.165, 1.54) is 77.0 Å². The van der Waals surface area contributed by atoms with Crippen LogP contribution in [0, 0.1) is 0 Å². The summed E-state index contributed by atoms with van der Waals surface area (Å²) >= 11 is 0. The molecular formula is C17H39NOSi. The van der Waals surface area contributed by atoms with Crippen LogP contribution in [0.4, 0.5) is 0 Å². The number of hydrogen-bond acceptors (Lipinski definition) is 2. The van der Waals surface area contributed by atoms with Crippen molar-refractivity contribution in [1.29, 1.82) is 0 Å². The lowest BCUT2D eigenvalue weighted by atomic mass is 10.1. The molecule has 0 saturated heterocycles.